The van der Waals surface area contributed by atoms with Crippen LogP contribution >= 0.6 is 28.3 Å². The van der Waals surface area contributed by atoms with E-state index in [1.54, 1.807) is 6.07 Å². The second-order valence-electron chi connectivity index (χ2n) is 5.56. The van der Waals surface area contributed by atoms with Gasteiger partial charge in [0.25, 0.3) is 0 Å². The van der Waals surface area contributed by atoms with Crippen LogP contribution in [0, 0.1) is 19.8 Å². The number of benzene rings is 1. The van der Waals surface area contributed by atoms with Crippen molar-refractivity contribution in [2.24, 2.45) is 5.92 Å². The van der Waals surface area contributed by atoms with Gasteiger partial charge in [0.15, 0.2) is 0 Å². The lowest BCUT2D eigenvalue weighted by Gasteiger charge is -2.30. The third-order valence-electron chi connectivity index (χ3n) is 3.84. The molecule has 2 unspecified atom stereocenters. The predicted molar refractivity (Wildman–Crippen MR) is 91.6 cm³/mol. The summed E-state index contributed by atoms with van der Waals surface area (Å²) < 4.78 is 29.0. The molecule has 1 aromatic carbocycles. The molecule has 1 saturated heterocycles. The fraction of sp³-hybridized carbons (Fsp3) is 0.571. The van der Waals surface area contributed by atoms with Gasteiger partial charge in [0, 0.05) is 10.5 Å². The van der Waals surface area contributed by atoms with Crippen LogP contribution in [0.25, 0.3) is 0 Å². The van der Waals surface area contributed by atoms with Crippen LogP contribution in [0.15, 0.2) is 21.5 Å². The second-order valence-corrected chi connectivity index (χ2v) is 8.10. The first kappa shape index (κ1) is 18.9. The normalized spacial score (nSPS) is 22.7. The fourth-order valence-corrected chi connectivity index (χ4v) is 4.64. The molecule has 0 saturated carbocycles. The summed E-state index contributed by atoms with van der Waals surface area (Å²) in [6.07, 6.45) is 0.828. The van der Waals surface area contributed by atoms with Crippen molar-refractivity contribution in [1.82, 2.24) is 10.0 Å². The third kappa shape index (κ3) is 4.42. The zero-order valence-corrected chi connectivity index (χ0v) is 15.7. The number of halogens is 2. The average Bonchev–Trinajstić information content (AvgIpc) is 2.36. The molecule has 1 aliphatic heterocycles. The van der Waals surface area contributed by atoms with E-state index in [2.05, 4.69) is 32.9 Å². The Morgan fingerprint density at radius 1 is 1.29 bits per heavy atom. The molecule has 0 aliphatic carbocycles. The first-order valence-electron chi connectivity index (χ1n) is 6.81. The van der Waals surface area contributed by atoms with E-state index in [0.717, 1.165) is 35.1 Å². The standard InChI is InChI=1S/C14H21BrN2O2S.ClH/c1-9-7-14(10(2)6-12(9)15)20(18,19)17-13-4-5-16-8-11(13)3;/h6-7,11,13,16-17H,4-5,8H2,1-3H3;1H. The van der Waals surface area contributed by atoms with Gasteiger partial charge in [-0.25, -0.2) is 13.1 Å². The summed E-state index contributed by atoms with van der Waals surface area (Å²) in [5.74, 6) is 0.301. The van der Waals surface area contributed by atoms with E-state index in [0.29, 0.717) is 10.8 Å². The molecule has 7 heteroatoms. The maximum atomic E-state index is 12.6. The molecular formula is C14H22BrClN2O2S. The van der Waals surface area contributed by atoms with Crippen LogP contribution in [0.2, 0.25) is 0 Å². The van der Waals surface area contributed by atoms with E-state index in [1.165, 1.54) is 0 Å². The number of hydrogen-bond acceptors (Lipinski definition) is 3. The van der Waals surface area contributed by atoms with Crippen molar-refractivity contribution in [2.75, 3.05) is 13.1 Å². The van der Waals surface area contributed by atoms with Gasteiger partial charge in [-0.15, -0.1) is 12.4 Å². The Morgan fingerprint density at radius 3 is 2.57 bits per heavy atom. The van der Waals surface area contributed by atoms with E-state index >= 15 is 0 Å². The van der Waals surface area contributed by atoms with Crippen LogP contribution in [-0.4, -0.2) is 27.5 Å². The smallest absolute Gasteiger partial charge is 0.241 e. The summed E-state index contributed by atoms with van der Waals surface area (Å²) in [5.41, 5.74) is 1.69. The number of hydrogen-bond donors (Lipinski definition) is 2. The van der Waals surface area contributed by atoms with Crippen LogP contribution < -0.4 is 10.0 Å². The van der Waals surface area contributed by atoms with Crippen molar-refractivity contribution < 1.29 is 8.42 Å². The molecule has 0 bridgehead atoms. The van der Waals surface area contributed by atoms with Crippen molar-refractivity contribution in [3.05, 3.63) is 27.7 Å². The summed E-state index contributed by atoms with van der Waals surface area (Å²) in [5, 5.41) is 3.28. The largest absolute Gasteiger partial charge is 0.316 e. The van der Waals surface area contributed by atoms with Crippen molar-refractivity contribution in [3.8, 4) is 0 Å². The molecule has 0 radical (unpaired) electrons. The summed E-state index contributed by atoms with van der Waals surface area (Å²) in [4.78, 5) is 0.379. The summed E-state index contributed by atoms with van der Waals surface area (Å²) in [6.45, 7) is 7.50. The van der Waals surface area contributed by atoms with Gasteiger partial charge in [-0.05, 0) is 62.5 Å². The van der Waals surface area contributed by atoms with Crippen LogP contribution in [0.1, 0.15) is 24.5 Å². The molecule has 21 heavy (non-hydrogen) atoms. The molecule has 2 atom stereocenters. The molecule has 1 fully saturated rings. The van der Waals surface area contributed by atoms with Crippen molar-refractivity contribution in [3.63, 3.8) is 0 Å². The number of aryl methyl sites for hydroxylation is 2. The zero-order valence-electron chi connectivity index (χ0n) is 12.4. The fourth-order valence-electron chi connectivity index (χ4n) is 2.50. The van der Waals surface area contributed by atoms with Crippen LogP contribution in [0.3, 0.4) is 0 Å². The van der Waals surface area contributed by atoms with Gasteiger partial charge in [0.1, 0.15) is 0 Å². The van der Waals surface area contributed by atoms with E-state index < -0.39 is 10.0 Å². The highest BCUT2D eigenvalue weighted by atomic mass is 79.9. The molecule has 1 aliphatic rings. The molecule has 1 aromatic rings. The topological polar surface area (TPSA) is 58.2 Å². The second kappa shape index (κ2) is 7.42. The predicted octanol–water partition coefficient (Wildman–Crippen LogP) is 2.76. The molecule has 0 spiro atoms. The van der Waals surface area contributed by atoms with Gasteiger partial charge in [0.05, 0.1) is 4.90 Å². The van der Waals surface area contributed by atoms with Gasteiger partial charge in [-0.1, -0.05) is 22.9 Å². The van der Waals surface area contributed by atoms with Crippen molar-refractivity contribution in [1.29, 1.82) is 0 Å². The number of sulfonamides is 1. The lowest BCUT2D eigenvalue weighted by Crippen LogP contribution is -2.48. The summed E-state index contributed by atoms with van der Waals surface area (Å²) in [6, 6.07) is 3.59. The van der Waals surface area contributed by atoms with Crippen molar-refractivity contribution in [2.45, 2.75) is 38.1 Å². The maximum absolute atomic E-state index is 12.6. The Balaban J connectivity index is 0.00000220. The Labute approximate surface area is 141 Å². The lowest BCUT2D eigenvalue weighted by molar-refractivity contribution is 0.328. The van der Waals surface area contributed by atoms with Gasteiger partial charge in [-0.3, -0.25) is 0 Å². The highest BCUT2D eigenvalue weighted by Crippen LogP contribution is 2.25. The minimum atomic E-state index is -3.46. The molecule has 1 heterocycles. The molecule has 0 aromatic heterocycles. The van der Waals surface area contributed by atoms with Crippen LogP contribution in [0.4, 0.5) is 0 Å². The quantitative estimate of drug-likeness (QED) is 0.824. The SMILES string of the molecule is Cc1cc(S(=O)(=O)NC2CCNCC2C)c(C)cc1Br.Cl. The number of rotatable bonds is 3. The zero-order chi connectivity index (χ0) is 14.9. The lowest BCUT2D eigenvalue weighted by atomic mass is 9.97. The Kier molecular flexibility index (Phi) is 6.68. The minimum absolute atomic E-state index is 0. The first-order chi connectivity index (χ1) is 9.31. The molecule has 2 N–H and O–H groups in total. The highest BCUT2D eigenvalue weighted by molar-refractivity contribution is 9.10. The minimum Gasteiger partial charge on any atom is -0.316 e. The Bertz CT molecular complexity index is 607. The maximum Gasteiger partial charge on any atom is 0.241 e. The van der Waals surface area contributed by atoms with Gasteiger partial charge < -0.3 is 5.32 Å². The summed E-state index contributed by atoms with van der Waals surface area (Å²) >= 11 is 3.43. The van der Waals surface area contributed by atoms with E-state index in [1.807, 2.05) is 19.9 Å². The molecular weight excluding hydrogens is 376 g/mol. The Hall–Kier alpha value is -0.140. The van der Waals surface area contributed by atoms with E-state index in [4.69, 9.17) is 0 Å². The number of piperidine rings is 1. The average molecular weight is 398 g/mol. The van der Waals surface area contributed by atoms with Crippen molar-refractivity contribution >= 4 is 38.4 Å². The van der Waals surface area contributed by atoms with Crippen LogP contribution in [0.5, 0.6) is 0 Å². The number of nitrogens with one attached hydrogen (secondary N) is 2. The molecule has 4 nitrogen and oxygen atoms in total. The molecule has 0 amide bonds. The third-order valence-corrected chi connectivity index (χ3v) is 6.32. The summed E-state index contributed by atoms with van der Waals surface area (Å²) in [7, 11) is -3.46. The van der Waals surface area contributed by atoms with E-state index in [9.17, 15) is 8.42 Å². The monoisotopic (exact) mass is 396 g/mol. The van der Waals surface area contributed by atoms with Crippen LogP contribution in [-0.2, 0) is 10.0 Å². The highest BCUT2D eigenvalue weighted by Gasteiger charge is 2.27. The van der Waals surface area contributed by atoms with Gasteiger partial charge >= 0.3 is 0 Å². The first-order valence-corrected chi connectivity index (χ1v) is 9.08. The van der Waals surface area contributed by atoms with E-state index in [-0.39, 0.29) is 18.4 Å². The Morgan fingerprint density at radius 2 is 1.95 bits per heavy atom. The van der Waals surface area contributed by atoms with Gasteiger partial charge in [-0.2, -0.15) is 0 Å². The molecule has 120 valence electrons. The molecule has 2 rings (SSSR count). The van der Waals surface area contributed by atoms with Gasteiger partial charge in [0.2, 0.25) is 10.0 Å².